The van der Waals surface area contributed by atoms with E-state index in [1.54, 1.807) is 24.4 Å². The molecule has 0 radical (unpaired) electrons. The van der Waals surface area contributed by atoms with Gasteiger partial charge in [0.2, 0.25) is 5.78 Å². The summed E-state index contributed by atoms with van der Waals surface area (Å²) in [5, 5.41) is 0. The smallest absolute Gasteiger partial charge is 0.211 e. The van der Waals surface area contributed by atoms with Crippen LogP contribution in [-0.4, -0.2) is 15.2 Å². The third-order valence-electron chi connectivity index (χ3n) is 1.97. The lowest BCUT2D eigenvalue weighted by Crippen LogP contribution is -2.05. The molecule has 0 N–H and O–H groups in total. The Kier molecular flexibility index (Phi) is 2.89. The highest BCUT2D eigenvalue weighted by molar-refractivity contribution is 9.26. The number of benzene rings is 1. The van der Waals surface area contributed by atoms with Gasteiger partial charge in [0.1, 0.15) is 8.93 Å². The Bertz CT molecular complexity index is 449. The van der Waals surface area contributed by atoms with Gasteiger partial charge in [-0.1, -0.05) is 62.2 Å². The van der Waals surface area contributed by atoms with Gasteiger partial charge in [-0.05, 0) is 6.08 Å². The zero-order chi connectivity index (χ0) is 10.9. The van der Waals surface area contributed by atoms with Crippen molar-refractivity contribution in [3.63, 3.8) is 0 Å². The number of ketones is 1. The number of aliphatic imine (C=N–C) groups is 1. The molecule has 0 saturated carbocycles. The first-order valence-corrected chi connectivity index (χ1v) is 5.93. The van der Waals surface area contributed by atoms with Gasteiger partial charge in [0.25, 0.3) is 0 Å². The summed E-state index contributed by atoms with van der Waals surface area (Å²) in [6, 6.07) is 9.11. The van der Waals surface area contributed by atoms with Gasteiger partial charge in [-0.15, -0.1) is 0 Å². The summed E-state index contributed by atoms with van der Waals surface area (Å²) in [5.41, 5.74) is 1.11. The fraction of sp³-hybridized carbons (Fsp3) is 0.0909. The molecule has 2 rings (SSSR count). The standard InChI is InChI=1S/C11H7Br2NO/c12-11(13)6-9(14-7-11)10(15)8-4-2-1-3-5-8/h1-7H. The van der Waals surface area contributed by atoms with E-state index in [1.165, 1.54) is 0 Å². The SMILES string of the molecule is O=C(C1=CC(Br)(Br)C=N1)c1ccccc1. The minimum Gasteiger partial charge on any atom is -0.287 e. The maximum Gasteiger partial charge on any atom is 0.211 e. The van der Waals surface area contributed by atoms with Crippen LogP contribution in [0, 0.1) is 0 Å². The van der Waals surface area contributed by atoms with Crippen molar-refractivity contribution >= 4 is 43.9 Å². The van der Waals surface area contributed by atoms with Crippen LogP contribution in [0.4, 0.5) is 0 Å². The Morgan fingerprint density at radius 1 is 1.20 bits per heavy atom. The number of carbonyl (C=O) groups is 1. The first-order chi connectivity index (χ1) is 7.08. The molecule has 2 nitrogen and oxygen atoms in total. The minimum absolute atomic E-state index is 0.0624. The summed E-state index contributed by atoms with van der Waals surface area (Å²) in [4.78, 5) is 16.0. The zero-order valence-electron chi connectivity index (χ0n) is 7.65. The first-order valence-electron chi connectivity index (χ1n) is 4.34. The molecule has 0 amide bonds. The number of alkyl halides is 2. The van der Waals surface area contributed by atoms with Crippen molar-refractivity contribution in [2.75, 3.05) is 0 Å². The second kappa shape index (κ2) is 4.02. The monoisotopic (exact) mass is 327 g/mol. The van der Waals surface area contributed by atoms with Gasteiger partial charge in [-0.3, -0.25) is 9.79 Å². The number of rotatable bonds is 2. The van der Waals surface area contributed by atoms with Crippen molar-refractivity contribution in [3.8, 4) is 0 Å². The molecule has 1 aromatic rings. The molecule has 0 bridgehead atoms. The molecule has 0 aliphatic carbocycles. The molecule has 0 saturated heterocycles. The van der Waals surface area contributed by atoms with Gasteiger partial charge < -0.3 is 0 Å². The van der Waals surface area contributed by atoms with Crippen LogP contribution in [0.3, 0.4) is 0 Å². The van der Waals surface area contributed by atoms with Crippen molar-refractivity contribution in [1.29, 1.82) is 0 Å². The van der Waals surface area contributed by atoms with Gasteiger partial charge in [-0.2, -0.15) is 0 Å². The van der Waals surface area contributed by atoms with Crippen LogP contribution in [0.5, 0.6) is 0 Å². The lowest BCUT2D eigenvalue weighted by molar-refractivity contribution is 0.103. The number of allylic oxidation sites excluding steroid dienone is 2. The van der Waals surface area contributed by atoms with Gasteiger partial charge in [-0.25, -0.2) is 0 Å². The van der Waals surface area contributed by atoms with Gasteiger partial charge in [0, 0.05) is 11.8 Å². The fourth-order valence-corrected chi connectivity index (χ4v) is 1.91. The predicted molar refractivity (Wildman–Crippen MR) is 67.9 cm³/mol. The molecule has 76 valence electrons. The van der Waals surface area contributed by atoms with E-state index >= 15 is 0 Å². The largest absolute Gasteiger partial charge is 0.287 e. The van der Waals surface area contributed by atoms with Crippen LogP contribution in [0.2, 0.25) is 0 Å². The Hall–Kier alpha value is -0.740. The van der Waals surface area contributed by atoms with Crippen LogP contribution < -0.4 is 0 Å². The molecule has 15 heavy (non-hydrogen) atoms. The molecule has 0 unspecified atom stereocenters. The lowest BCUT2D eigenvalue weighted by atomic mass is 10.1. The van der Waals surface area contributed by atoms with Gasteiger partial charge >= 0.3 is 0 Å². The van der Waals surface area contributed by atoms with E-state index in [9.17, 15) is 4.79 Å². The summed E-state index contributed by atoms with van der Waals surface area (Å²) in [6.07, 6.45) is 3.38. The number of nitrogens with zero attached hydrogens (tertiary/aromatic N) is 1. The molecule has 0 aromatic heterocycles. The van der Waals surface area contributed by atoms with E-state index in [2.05, 4.69) is 36.9 Å². The Labute approximate surface area is 104 Å². The molecule has 1 aliphatic rings. The molecule has 0 atom stereocenters. The third kappa shape index (κ3) is 2.44. The number of carbonyl (C=O) groups excluding carboxylic acids is 1. The van der Waals surface area contributed by atoms with Crippen LogP contribution in [0.25, 0.3) is 0 Å². The summed E-state index contributed by atoms with van der Waals surface area (Å²) in [5.74, 6) is -0.0624. The summed E-state index contributed by atoms with van der Waals surface area (Å²) in [6.45, 7) is 0. The molecule has 1 aromatic carbocycles. The van der Waals surface area contributed by atoms with Gasteiger partial charge in [0.05, 0.1) is 0 Å². The van der Waals surface area contributed by atoms with E-state index in [0.717, 1.165) is 0 Å². The molecular weight excluding hydrogens is 322 g/mol. The van der Waals surface area contributed by atoms with Gasteiger partial charge in [0.15, 0.2) is 0 Å². The topological polar surface area (TPSA) is 29.4 Å². The van der Waals surface area contributed by atoms with Crippen molar-refractivity contribution < 1.29 is 4.79 Å². The summed E-state index contributed by atoms with van der Waals surface area (Å²) in [7, 11) is 0. The second-order valence-corrected chi connectivity index (χ2v) is 6.85. The van der Waals surface area contributed by atoms with E-state index in [0.29, 0.717) is 11.3 Å². The number of Topliss-reactive ketones (excluding diaryl/α,β-unsaturated/α-hetero) is 1. The summed E-state index contributed by atoms with van der Waals surface area (Å²) < 4.78 is -0.472. The summed E-state index contributed by atoms with van der Waals surface area (Å²) >= 11 is 6.72. The Balaban J connectivity index is 2.29. The number of halogens is 2. The normalized spacial score (nSPS) is 17.6. The molecule has 0 fully saturated rings. The number of hydrogen-bond acceptors (Lipinski definition) is 2. The maximum absolute atomic E-state index is 11.9. The predicted octanol–water partition coefficient (Wildman–Crippen LogP) is 3.32. The van der Waals surface area contributed by atoms with E-state index in [-0.39, 0.29) is 5.78 Å². The highest BCUT2D eigenvalue weighted by Gasteiger charge is 2.26. The molecule has 1 heterocycles. The molecule has 4 heteroatoms. The van der Waals surface area contributed by atoms with Crippen LogP contribution >= 0.6 is 31.9 Å². The van der Waals surface area contributed by atoms with Crippen LogP contribution in [0.1, 0.15) is 10.4 Å². The molecule has 0 spiro atoms. The van der Waals surface area contributed by atoms with Crippen LogP contribution in [-0.2, 0) is 0 Å². The van der Waals surface area contributed by atoms with Crippen molar-refractivity contribution in [2.45, 2.75) is 3.23 Å². The highest BCUT2D eigenvalue weighted by atomic mass is 79.9. The highest BCUT2D eigenvalue weighted by Crippen LogP contribution is 2.32. The quantitative estimate of drug-likeness (QED) is 0.605. The van der Waals surface area contributed by atoms with E-state index in [1.807, 2.05) is 18.2 Å². The average molecular weight is 329 g/mol. The Morgan fingerprint density at radius 3 is 2.40 bits per heavy atom. The fourth-order valence-electron chi connectivity index (χ4n) is 1.27. The van der Waals surface area contributed by atoms with Crippen molar-refractivity contribution in [2.24, 2.45) is 4.99 Å². The van der Waals surface area contributed by atoms with Crippen molar-refractivity contribution in [1.82, 2.24) is 0 Å². The third-order valence-corrected chi connectivity index (χ3v) is 2.84. The number of hydrogen-bond donors (Lipinski definition) is 0. The van der Waals surface area contributed by atoms with E-state index < -0.39 is 3.23 Å². The Morgan fingerprint density at radius 2 is 1.87 bits per heavy atom. The maximum atomic E-state index is 11.9. The second-order valence-electron chi connectivity index (χ2n) is 3.16. The zero-order valence-corrected chi connectivity index (χ0v) is 10.8. The molecule has 1 aliphatic heterocycles. The minimum atomic E-state index is -0.472. The molecular formula is C11H7Br2NO. The van der Waals surface area contributed by atoms with E-state index in [4.69, 9.17) is 0 Å². The lowest BCUT2D eigenvalue weighted by Gasteiger charge is -2.02. The first kappa shape index (κ1) is 10.8. The van der Waals surface area contributed by atoms with Crippen LogP contribution in [0.15, 0.2) is 47.1 Å². The van der Waals surface area contributed by atoms with Crippen molar-refractivity contribution in [3.05, 3.63) is 47.7 Å². The average Bonchev–Trinajstić information content (AvgIpc) is 2.59.